The molecule has 0 saturated heterocycles. The summed E-state index contributed by atoms with van der Waals surface area (Å²) in [5, 5.41) is 9.67. The molecule has 1 aromatic heterocycles. The van der Waals surface area contributed by atoms with Crippen LogP contribution in [0.1, 0.15) is 16.2 Å². The second-order valence-electron chi connectivity index (χ2n) is 6.02. The normalized spacial score (nSPS) is 12.2. The number of nitrogens with zero attached hydrogens (tertiary/aromatic N) is 3. The van der Waals surface area contributed by atoms with Crippen LogP contribution in [0.5, 0.6) is 0 Å². The first kappa shape index (κ1) is 16.3. The Balaban J connectivity index is 1.93. The van der Waals surface area contributed by atoms with Gasteiger partial charge in [0, 0.05) is 17.8 Å². The van der Waals surface area contributed by atoms with Gasteiger partial charge in [-0.3, -0.25) is 19.0 Å². The molecule has 1 aliphatic rings. The maximum Gasteiger partial charge on any atom is 0.323 e. The molecule has 3 aromatic rings. The molecule has 1 aliphatic heterocycles. The van der Waals surface area contributed by atoms with E-state index in [1.165, 1.54) is 15.5 Å². The lowest BCUT2D eigenvalue weighted by molar-refractivity contribution is -0.135. The van der Waals surface area contributed by atoms with Crippen molar-refractivity contribution in [3.05, 3.63) is 63.2 Å². The van der Waals surface area contributed by atoms with Gasteiger partial charge in [-0.2, -0.15) is 0 Å². The number of carboxylic acid groups (broad SMARTS) is 1. The summed E-state index contributed by atoms with van der Waals surface area (Å²) in [7, 11) is 1.62. The van der Waals surface area contributed by atoms with Crippen LogP contribution in [-0.4, -0.2) is 40.0 Å². The van der Waals surface area contributed by atoms with Crippen molar-refractivity contribution in [3.63, 3.8) is 0 Å². The molecular weight excluding hydrogens is 358 g/mol. The van der Waals surface area contributed by atoms with Crippen LogP contribution >= 0.6 is 11.6 Å². The highest BCUT2D eigenvalue weighted by molar-refractivity contribution is 6.31. The van der Waals surface area contributed by atoms with E-state index in [2.05, 4.69) is 4.98 Å². The monoisotopic (exact) mass is 369 g/mol. The van der Waals surface area contributed by atoms with Crippen molar-refractivity contribution in [1.29, 1.82) is 0 Å². The van der Waals surface area contributed by atoms with E-state index in [1.807, 2.05) is 0 Å². The van der Waals surface area contributed by atoms with Gasteiger partial charge in [0.15, 0.2) is 5.82 Å². The third kappa shape index (κ3) is 2.36. The van der Waals surface area contributed by atoms with Crippen LogP contribution in [0.4, 0.5) is 5.69 Å². The Kier molecular flexibility index (Phi) is 3.55. The highest BCUT2D eigenvalue weighted by atomic mass is 35.5. The zero-order valence-corrected chi connectivity index (χ0v) is 14.3. The van der Waals surface area contributed by atoms with Gasteiger partial charge in [-0.1, -0.05) is 11.6 Å². The van der Waals surface area contributed by atoms with Crippen LogP contribution < -0.4 is 10.5 Å². The molecule has 7 nitrogen and oxygen atoms in total. The smallest absolute Gasteiger partial charge is 0.323 e. The van der Waals surface area contributed by atoms with Crippen LogP contribution in [0.2, 0.25) is 5.02 Å². The fourth-order valence-electron chi connectivity index (χ4n) is 3.09. The highest BCUT2D eigenvalue weighted by Crippen LogP contribution is 2.29. The quantitative estimate of drug-likeness (QED) is 0.594. The summed E-state index contributed by atoms with van der Waals surface area (Å²) in [6.07, 6.45) is 0. The maximum atomic E-state index is 12.9. The van der Waals surface area contributed by atoms with Crippen LogP contribution in [-0.2, 0) is 4.79 Å². The third-order valence-electron chi connectivity index (χ3n) is 4.31. The second kappa shape index (κ2) is 5.67. The predicted molar refractivity (Wildman–Crippen MR) is 96.7 cm³/mol. The van der Waals surface area contributed by atoms with E-state index in [-0.39, 0.29) is 23.7 Å². The summed E-state index contributed by atoms with van der Waals surface area (Å²) in [6, 6.07) is 9.60. The van der Waals surface area contributed by atoms with Gasteiger partial charge in [0.25, 0.3) is 5.56 Å². The largest absolute Gasteiger partial charge is 0.480 e. The molecule has 0 spiro atoms. The zero-order chi connectivity index (χ0) is 18.6. The van der Waals surface area contributed by atoms with E-state index in [1.54, 1.807) is 37.4 Å². The number of aromatic nitrogens is 2. The van der Waals surface area contributed by atoms with E-state index in [0.717, 1.165) is 0 Å². The third-order valence-corrected chi connectivity index (χ3v) is 4.55. The lowest BCUT2D eigenvalue weighted by Crippen LogP contribution is -2.25. The molecule has 0 fully saturated rings. The number of benzene rings is 2. The maximum absolute atomic E-state index is 12.9. The van der Waals surface area contributed by atoms with Gasteiger partial charge in [-0.05, 0) is 36.4 Å². The first-order chi connectivity index (χ1) is 12.4. The number of anilines is 1. The number of likely N-dealkylation sites (N-methyl/N-ethyl adjacent to an activating group) is 1. The summed E-state index contributed by atoms with van der Waals surface area (Å²) in [5.41, 5.74) is 1.36. The standard InChI is InChI=1S/C18H12ClN3O4/c1-21(8-15(23)24)10-3-4-11-13(7-10)20-17-16(25)12-6-9(19)2-5-14(12)22(17)18(11)26/h2-7H,8H2,1H3,(H,23,24). The molecule has 130 valence electrons. The predicted octanol–water partition coefficient (Wildman–Crippen LogP) is 2.10. The van der Waals surface area contributed by atoms with Crippen LogP contribution in [0.3, 0.4) is 0 Å². The van der Waals surface area contributed by atoms with Crippen LogP contribution in [0, 0.1) is 0 Å². The SMILES string of the molecule is CN(CC(=O)O)c1ccc2c(=O)n3c(nc2c1)C(=O)c1cc(Cl)ccc1-3. The number of carboxylic acids is 1. The molecule has 0 atom stereocenters. The van der Waals surface area contributed by atoms with Gasteiger partial charge >= 0.3 is 5.97 Å². The summed E-state index contributed by atoms with van der Waals surface area (Å²) < 4.78 is 1.29. The Bertz CT molecular complexity index is 1170. The van der Waals surface area contributed by atoms with E-state index in [4.69, 9.17) is 16.7 Å². The lowest BCUT2D eigenvalue weighted by atomic mass is 10.1. The molecular formula is C18H12ClN3O4. The number of hydrogen-bond acceptors (Lipinski definition) is 5. The highest BCUT2D eigenvalue weighted by Gasteiger charge is 2.30. The Morgan fingerprint density at radius 3 is 2.73 bits per heavy atom. The van der Waals surface area contributed by atoms with Gasteiger partial charge in [-0.25, -0.2) is 4.98 Å². The minimum absolute atomic E-state index is 0.0257. The molecule has 2 heterocycles. The number of fused-ring (bicyclic) bond motifs is 4. The first-order valence-electron chi connectivity index (χ1n) is 7.71. The molecule has 8 heteroatoms. The van der Waals surface area contributed by atoms with Gasteiger partial charge in [0.05, 0.1) is 22.2 Å². The molecule has 0 aliphatic carbocycles. The Labute approximate surface area is 152 Å². The first-order valence-corrected chi connectivity index (χ1v) is 8.09. The van der Waals surface area contributed by atoms with E-state index in [9.17, 15) is 14.4 Å². The minimum Gasteiger partial charge on any atom is -0.480 e. The number of hydrogen-bond donors (Lipinski definition) is 1. The van der Waals surface area contributed by atoms with Crippen molar-refractivity contribution in [1.82, 2.24) is 9.55 Å². The van der Waals surface area contributed by atoms with Crippen molar-refractivity contribution in [2.45, 2.75) is 0 Å². The van der Waals surface area contributed by atoms with E-state index < -0.39 is 5.97 Å². The van der Waals surface area contributed by atoms with Crippen molar-refractivity contribution < 1.29 is 14.7 Å². The van der Waals surface area contributed by atoms with Crippen LogP contribution in [0.25, 0.3) is 16.6 Å². The van der Waals surface area contributed by atoms with Crippen molar-refractivity contribution in [3.8, 4) is 5.69 Å². The molecule has 0 amide bonds. The average Bonchev–Trinajstić information content (AvgIpc) is 2.86. The second-order valence-corrected chi connectivity index (χ2v) is 6.45. The molecule has 0 radical (unpaired) electrons. The zero-order valence-electron chi connectivity index (χ0n) is 13.6. The lowest BCUT2D eigenvalue weighted by Gasteiger charge is -2.17. The fraction of sp³-hybridized carbons (Fsp3) is 0.111. The number of halogens is 1. The van der Waals surface area contributed by atoms with Crippen molar-refractivity contribution >= 4 is 39.9 Å². The minimum atomic E-state index is -0.975. The van der Waals surface area contributed by atoms with Gasteiger partial charge in [0.2, 0.25) is 5.78 Å². The van der Waals surface area contributed by atoms with E-state index >= 15 is 0 Å². The fourth-order valence-corrected chi connectivity index (χ4v) is 3.26. The number of aliphatic carboxylic acids is 1. The molecule has 0 saturated carbocycles. The number of carbonyl (C=O) groups excluding carboxylic acids is 1. The molecule has 26 heavy (non-hydrogen) atoms. The van der Waals surface area contributed by atoms with Gasteiger partial charge < -0.3 is 10.0 Å². The Morgan fingerprint density at radius 2 is 2.00 bits per heavy atom. The summed E-state index contributed by atoms with van der Waals surface area (Å²) in [5.74, 6) is -1.32. The van der Waals surface area contributed by atoms with E-state index in [0.29, 0.717) is 32.9 Å². The van der Waals surface area contributed by atoms with Gasteiger partial charge in [-0.15, -0.1) is 0 Å². The number of ketones is 1. The van der Waals surface area contributed by atoms with Gasteiger partial charge in [0.1, 0.15) is 6.54 Å². The van der Waals surface area contributed by atoms with Crippen molar-refractivity contribution in [2.24, 2.45) is 0 Å². The molecule has 4 rings (SSSR count). The Morgan fingerprint density at radius 1 is 1.23 bits per heavy atom. The topological polar surface area (TPSA) is 92.5 Å². The Hall–Kier alpha value is -3.19. The van der Waals surface area contributed by atoms with Crippen molar-refractivity contribution in [2.75, 3.05) is 18.5 Å². The summed E-state index contributed by atoms with van der Waals surface area (Å²) in [6.45, 7) is -0.196. The summed E-state index contributed by atoms with van der Waals surface area (Å²) in [4.78, 5) is 42.3. The number of rotatable bonds is 3. The molecule has 2 aromatic carbocycles. The molecule has 0 bridgehead atoms. The molecule has 1 N–H and O–H groups in total. The number of carbonyl (C=O) groups is 2. The summed E-state index contributed by atoms with van der Waals surface area (Å²) >= 11 is 5.96. The molecule has 0 unspecified atom stereocenters. The average molecular weight is 370 g/mol. The van der Waals surface area contributed by atoms with Crippen LogP contribution in [0.15, 0.2) is 41.2 Å².